The summed E-state index contributed by atoms with van der Waals surface area (Å²) in [6.07, 6.45) is 3.00. The van der Waals surface area contributed by atoms with Crippen molar-refractivity contribution in [2.75, 3.05) is 6.54 Å². The zero-order valence-corrected chi connectivity index (χ0v) is 9.86. The molecular formula is C13H16ClNO. The maximum atomic E-state index is 6.27. The van der Waals surface area contributed by atoms with Gasteiger partial charge in [0.25, 0.3) is 0 Å². The molecule has 2 N–H and O–H groups in total. The van der Waals surface area contributed by atoms with Gasteiger partial charge in [-0.25, -0.2) is 0 Å². The van der Waals surface area contributed by atoms with E-state index in [0.717, 1.165) is 17.9 Å². The standard InChI is InChI=1S/C13H16ClNO/c14-10-4-2-1-3-8(10)13-9(7-15)11-5-6-12(13)16-11/h1-4,9,11-13H,5-7,15H2. The Morgan fingerprint density at radius 1 is 1.25 bits per heavy atom. The van der Waals surface area contributed by atoms with Gasteiger partial charge in [0.1, 0.15) is 0 Å². The maximum Gasteiger partial charge on any atom is 0.0653 e. The van der Waals surface area contributed by atoms with E-state index < -0.39 is 0 Å². The summed E-state index contributed by atoms with van der Waals surface area (Å²) >= 11 is 6.27. The number of hydrogen-bond acceptors (Lipinski definition) is 2. The molecule has 2 nitrogen and oxygen atoms in total. The summed E-state index contributed by atoms with van der Waals surface area (Å²) in [7, 11) is 0. The quantitative estimate of drug-likeness (QED) is 0.858. The second-order valence-corrected chi connectivity index (χ2v) is 5.14. The highest BCUT2D eigenvalue weighted by Gasteiger charge is 2.49. The van der Waals surface area contributed by atoms with Gasteiger partial charge < -0.3 is 10.5 Å². The van der Waals surface area contributed by atoms with Crippen LogP contribution in [0, 0.1) is 5.92 Å². The van der Waals surface area contributed by atoms with Crippen LogP contribution in [0.25, 0.3) is 0 Å². The number of fused-ring (bicyclic) bond motifs is 2. The van der Waals surface area contributed by atoms with Crippen LogP contribution in [-0.4, -0.2) is 18.8 Å². The van der Waals surface area contributed by atoms with Crippen LogP contribution in [0.2, 0.25) is 5.02 Å². The Bertz CT molecular complexity index is 395. The Morgan fingerprint density at radius 3 is 2.75 bits per heavy atom. The number of benzene rings is 1. The van der Waals surface area contributed by atoms with Crippen molar-refractivity contribution in [3.05, 3.63) is 34.9 Å². The van der Waals surface area contributed by atoms with Crippen LogP contribution in [0.15, 0.2) is 24.3 Å². The molecule has 0 amide bonds. The van der Waals surface area contributed by atoms with Crippen LogP contribution in [0.1, 0.15) is 24.3 Å². The van der Waals surface area contributed by atoms with Crippen LogP contribution in [0.3, 0.4) is 0 Å². The molecule has 0 spiro atoms. The Hall–Kier alpha value is -0.570. The van der Waals surface area contributed by atoms with Gasteiger partial charge in [0.05, 0.1) is 12.2 Å². The second kappa shape index (κ2) is 4.02. The average molecular weight is 238 g/mol. The Balaban J connectivity index is 1.97. The van der Waals surface area contributed by atoms with Crippen molar-refractivity contribution in [1.82, 2.24) is 0 Å². The van der Waals surface area contributed by atoms with Crippen molar-refractivity contribution in [3.8, 4) is 0 Å². The van der Waals surface area contributed by atoms with Crippen LogP contribution in [0.4, 0.5) is 0 Å². The first-order valence-electron chi connectivity index (χ1n) is 5.91. The minimum Gasteiger partial charge on any atom is -0.374 e. The highest BCUT2D eigenvalue weighted by Crippen LogP contribution is 2.49. The minimum atomic E-state index is 0.332. The fourth-order valence-electron chi connectivity index (χ4n) is 3.25. The molecule has 16 heavy (non-hydrogen) atoms. The third-order valence-electron chi connectivity index (χ3n) is 3.96. The zero-order valence-electron chi connectivity index (χ0n) is 9.10. The molecule has 2 saturated heterocycles. The first-order valence-corrected chi connectivity index (χ1v) is 6.29. The summed E-state index contributed by atoms with van der Waals surface area (Å²) in [6.45, 7) is 0.692. The molecule has 1 aromatic rings. The van der Waals surface area contributed by atoms with Gasteiger partial charge >= 0.3 is 0 Å². The van der Waals surface area contributed by atoms with E-state index in [-0.39, 0.29) is 0 Å². The molecule has 2 heterocycles. The van der Waals surface area contributed by atoms with Crippen LogP contribution >= 0.6 is 11.6 Å². The maximum absolute atomic E-state index is 6.27. The van der Waals surface area contributed by atoms with E-state index in [9.17, 15) is 0 Å². The molecule has 0 aromatic heterocycles. The SMILES string of the molecule is NCC1C2CCC(O2)C1c1ccccc1Cl. The predicted molar refractivity (Wildman–Crippen MR) is 64.6 cm³/mol. The summed E-state index contributed by atoms with van der Waals surface area (Å²) in [5, 5.41) is 0.849. The van der Waals surface area contributed by atoms with Crippen molar-refractivity contribution in [2.24, 2.45) is 11.7 Å². The van der Waals surface area contributed by atoms with Gasteiger partial charge in [-0.05, 0) is 31.0 Å². The molecule has 2 bridgehead atoms. The molecule has 2 fully saturated rings. The molecule has 3 heteroatoms. The molecule has 2 aliphatic rings. The summed E-state index contributed by atoms with van der Waals surface area (Å²) in [6, 6.07) is 8.08. The minimum absolute atomic E-state index is 0.332. The molecule has 4 unspecified atom stereocenters. The van der Waals surface area contributed by atoms with Gasteiger partial charge in [-0.2, -0.15) is 0 Å². The molecular weight excluding hydrogens is 222 g/mol. The summed E-state index contributed by atoms with van der Waals surface area (Å²) in [4.78, 5) is 0. The monoisotopic (exact) mass is 237 g/mol. The smallest absolute Gasteiger partial charge is 0.0653 e. The number of nitrogens with two attached hydrogens (primary N) is 1. The molecule has 3 rings (SSSR count). The van der Waals surface area contributed by atoms with Crippen molar-refractivity contribution >= 4 is 11.6 Å². The Labute approximate surface area is 101 Å². The summed E-state index contributed by atoms with van der Waals surface area (Å²) in [5.41, 5.74) is 7.09. The van der Waals surface area contributed by atoms with Gasteiger partial charge in [0.15, 0.2) is 0 Å². The Kier molecular flexibility index (Phi) is 2.66. The first-order chi connectivity index (χ1) is 7.81. The highest BCUT2D eigenvalue weighted by atomic mass is 35.5. The third-order valence-corrected chi connectivity index (χ3v) is 4.31. The van der Waals surface area contributed by atoms with Crippen LogP contribution < -0.4 is 5.73 Å². The van der Waals surface area contributed by atoms with E-state index in [1.165, 1.54) is 5.56 Å². The summed E-state index contributed by atoms with van der Waals surface area (Å²) < 4.78 is 5.96. The van der Waals surface area contributed by atoms with Gasteiger partial charge in [0, 0.05) is 16.9 Å². The molecule has 0 aliphatic carbocycles. The lowest BCUT2D eigenvalue weighted by molar-refractivity contribution is 0.0918. The first kappa shape index (κ1) is 10.6. The molecule has 1 aromatic carbocycles. The zero-order chi connectivity index (χ0) is 11.1. The largest absolute Gasteiger partial charge is 0.374 e. The van der Waals surface area contributed by atoms with E-state index in [0.29, 0.717) is 30.6 Å². The topological polar surface area (TPSA) is 35.2 Å². The van der Waals surface area contributed by atoms with Crippen molar-refractivity contribution < 1.29 is 4.74 Å². The van der Waals surface area contributed by atoms with Gasteiger partial charge in [-0.3, -0.25) is 0 Å². The van der Waals surface area contributed by atoms with Crippen molar-refractivity contribution in [3.63, 3.8) is 0 Å². The van der Waals surface area contributed by atoms with Crippen molar-refractivity contribution in [2.45, 2.75) is 31.0 Å². The summed E-state index contributed by atoms with van der Waals surface area (Å²) in [5.74, 6) is 0.844. The normalized spacial score (nSPS) is 36.9. The van der Waals surface area contributed by atoms with Gasteiger partial charge in [-0.1, -0.05) is 29.8 Å². The lowest BCUT2D eigenvalue weighted by Crippen LogP contribution is -2.31. The van der Waals surface area contributed by atoms with Crippen LogP contribution in [0.5, 0.6) is 0 Å². The van der Waals surface area contributed by atoms with E-state index in [2.05, 4.69) is 6.07 Å². The van der Waals surface area contributed by atoms with E-state index in [4.69, 9.17) is 22.1 Å². The number of halogens is 1. The molecule has 2 aliphatic heterocycles. The lowest BCUT2D eigenvalue weighted by Gasteiger charge is -2.27. The predicted octanol–water partition coefficient (Wildman–Crippen LogP) is 2.56. The molecule has 4 atom stereocenters. The van der Waals surface area contributed by atoms with Gasteiger partial charge in [-0.15, -0.1) is 0 Å². The van der Waals surface area contributed by atoms with E-state index in [1.807, 2.05) is 18.2 Å². The van der Waals surface area contributed by atoms with Crippen LogP contribution in [-0.2, 0) is 4.74 Å². The number of rotatable bonds is 2. The van der Waals surface area contributed by atoms with E-state index >= 15 is 0 Å². The Morgan fingerprint density at radius 2 is 2.00 bits per heavy atom. The molecule has 86 valence electrons. The second-order valence-electron chi connectivity index (χ2n) is 4.74. The van der Waals surface area contributed by atoms with Crippen molar-refractivity contribution in [1.29, 1.82) is 0 Å². The third kappa shape index (κ3) is 1.48. The lowest BCUT2D eigenvalue weighted by atomic mass is 9.75. The number of hydrogen-bond donors (Lipinski definition) is 1. The molecule has 0 saturated carbocycles. The molecule has 0 radical (unpaired) electrons. The average Bonchev–Trinajstić information content (AvgIpc) is 2.89. The highest BCUT2D eigenvalue weighted by molar-refractivity contribution is 6.31. The fourth-order valence-corrected chi connectivity index (χ4v) is 3.51. The number of ether oxygens (including phenoxy) is 1. The van der Waals surface area contributed by atoms with E-state index in [1.54, 1.807) is 0 Å². The fraction of sp³-hybridized carbons (Fsp3) is 0.538. The van der Waals surface area contributed by atoms with Gasteiger partial charge in [0.2, 0.25) is 0 Å².